The average molecular weight is 573 g/mol. The maximum atomic E-state index is 6.66. The minimum absolute atomic E-state index is 0.902. The van der Waals surface area contributed by atoms with Gasteiger partial charge in [0.1, 0.15) is 11.2 Å². The Morgan fingerprint density at radius 1 is 0.289 bits per heavy atom. The maximum absolute atomic E-state index is 6.66. The summed E-state index contributed by atoms with van der Waals surface area (Å²) >= 11 is 0. The van der Waals surface area contributed by atoms with Gasteiger partial charge in [-0.25, -0.2) is 0 Å². The highest BCUT2D eigenvalue weighted by Crippen LogP contribution is 2.47. The van der Waals surface area contributed by atoms with Crippen LogP contribution in [0.4, 0.5) is 0 Å². The summed E-state index contributed by atoms with van der Waals surface area (Å²) in [7, 11) is 0. The Labute approximate surface area is 261 Å². The summed E-state index contributed by atoms with van der Waals surface area (Å²) in [5.74, 6) is 0. The minimum atomic E-state index is 0.902. The van der Waals surface area contributed by atoms with Crippen LogP contribution in [0.3, 0.4) is 0 Å². The fourth-order valence-electron chi connectivity index (χ4n) is 7.09. The predicted octanol–water partition coefficient (Wildman–Crippen LogP) is 12.6. The van der Waals surface area contributed by atoms with Gasteiger partial charge in [-0.3, -0.25) is 0 Å². The number of hydrogen-bond acceptors (Lipinski definition) is 1. The van der Waals surface area contributed by atoms with Gasteiger partial charge in [-0.05, 0) is 66.6 Å². The number of fused-ring (bicyclic) bond motifs is 5. The zero-order chi connectivity index (χ0) is 29.7. The molecule has 0 fully saturated rings. The molecule has 8 aromatic carbocycles. The quantitative estimate of drug-likeness (QED) is 0.191. The van der Waals surface area contributed by atoms with Crippen molar-refractivity contribution in [1.82, 2.24) is 0 Å². The van der Waals surface area contributed by atoms with E-state index < -0.39 is 0 Å². The van der Waals surface area contributed by atoms with Crippen molar-refractivity contribution in [3.05, 3.63) is 170 Å². The molecule has 0 aliphatic carbocycles. The first kappa shape index (κ1) is 25.6. The van der Waals surface area contributed by atoms with Crippen LogP contribution in [0.1, 0.15) is 0 Å². The summed E-state index contributed by atoms with van der Waals surface area (Å²) in [6.45, 7) is 0. The SMILES string of the molecule is c1ccc(-c2ccc(-c3c4ccccc4c(-c4cccc5oc6c(-c7ccccc7)cccc6c45)c4ccccc34)cc2)cc1. The fraction of sp³-hybridized carbons (Fsp3) is 0. The molecule has 0 saturated carbocycles. The van der Waals surface area contributed by atoms with Gasteiger partial charge < -0.3 is 4.42 Å². The molecule has 0 N–H and O–H groups in total. The van der Waals surface area contributed by atoms with Gasteiger partial charge in [0.05, 0.1) is 0 Å². The highest BCUT2D eigenvalue weighted by atomic mass is 16.3. The molecular formula is C44H28O. The lowest BCUT2D eigenvalue weighted by Gasteiger charge is -2.18. The molecule has 0 aliphatic rings. The average Bonchev–Trinajstić information content (AvgIpc) is 3.51. The van der Waals surface area contributed by atoms with Crippen LogP contribution in [0.2, 0.25) is 0 Å². The van der Waals surface area contributed by atoms with Crippen molar-refractivity contribution in [3.8, 4) is 44.5 Å². The van der Waals surface area contributed by atoms with Crippen molar-refractivity contribution < 1.29 is 4.42 Å². The number of furan rings is 1. The lowest BCUT2D eigenvalue weighted by Crippen LogP contribution is -1.91. The number of para-hydroxylation sites is 1. The van der Waals surface area contributed by atoms with E-state index in [-0.39, 0.29) is 0 Å². The second kappa shape index (κ2) is 10.4. The minimum Gasteiger partial charge on any atom is -0.455 e. The van der Waals surface area contributed by atoms with Crippen LogP contribution < -0.4 is 0 Å². The fourth-order valence-corrected chi connectivity index (χ4v) is 7.09. The van der Waals surface area contributed by atoms with Crippen LogP contribution in [0.15, 0.2) is 174 Å². The van der Waals surface area contributed by atoms with E-state index in [9.17, 15) is 0 Å². The molecule has 9 aromatic rings. The predicted molar refractivity (Wildman–Crippen MR) is 190 cm³/mol. The van der Waals surface area contributed by atoms with E-state index in [1.807, 2.05) is 0 Å². The monoisotopic (exact) mass is 572 g/mol. The Bertz CT molecular complexity index is 2450. The standard InChI is InChI=1S/C44H28O/c1-3-13-29(14-4-1)30-25-27-32(28-26-30)41-34-17-7-9-19-36(34)42(37-20-10-8-18-35(37)41)38-22-12-24-40-43(38)39-23-11-21-33(44(39)45-40)31-15-5-2-6-16-31/h1-28H. The van der Waals surface area contributed by atoms with Crippen LogP contribution in [0.25, 0.3) is 88.0 Å². The first-order valence-corrected chi connectivity index (χ1v) is 15.4. The second-order valence-electron chi connectivity index (χ2n) is 11.6. The molecule has 0 spiro atoms. The summed E-state index contributed by atoms with van der Waals surface area (Å²) in [4.78, 5) is 0. The van der Waals surface area contributed by atoms with Crippen molar-refractivity contribution >= 4 is 43.5 Å². The van der Waals surface area contributed by atoms with Crippen molar-refractivity contribution in [2.75, 3.05) is 0 Å². The zero-order valence-corrected chi connectivity index (χ0v) is 24.6. The zero-order valence-electron chi connectivity index (χ0n) is 24.6. The molecule has 0 aliphatic heterocycles. The smallest absolute Gasteiger partial charge is 0.143 e. The molecule has 45 heavy (non-hydrogen) atoms. The number of hydrogen-bond donors (Lipinski definition) is 0. The highest BCUT2D eigenvalue weighted by Gasteiger charge is 2.21. The molecular weight excluding hydrogens is 544 g/mol. The normalized spacial score (nSPS) is 11.6. The van der Waals surface area contributed by atoms with Gasteiger partial charge in [0.15, 0.2) is 0 Å². The van der Waals surface area contributed by atoms with Crippen molar-refractivity contribution in [3.63, 3.8) is 0 Å². The van der Waals surface area contributed by atoms with Gasteiger partial charge >= 0.3 is 0 Å². The van der Waals surface area contributed by atoms with Crippen LogP contribution >= 0.6 is 0 Å². The Balaban J connectivity index is 1.33. The molecule has 1 aromatic heterocycles. The summed E-state index contributed by atoms with van der Waals surface area (Å²) in [5.41, 5.74) is 11.5. The van der Waals surface area contributed by atoms with Crippen molar-refractivity contribution in [2.24, 2.45) is 0 Å². The molecule has 0 bridgehead atoms. The van der Waals surface area contributed by atoms with Crippen molar-refractivity contribution in [1.29, 1.82) is 0 Å². The van der Waals surface area contributed by atoms with E-state index >= 15 is 0 Å². The van der Waals surface area contributed by atoms with E-state index in [1.54, 1.807) is 0 Å². The third-order valence-electron chi connectivity index (χ3n) is 9.09. The van der Waals surface area contributed by atoms with Gasteiger partial charge in [0.2, 0.25) is 0 Å². The Morgan fingerprint density at radius 3 is 1.40 bits per heavy atom. The summed E-state index contributed by atoms with van der Waals surface area (Å²) in [6, 6.07) is 60.8. The molecule has 210 valence electrons. The topological polar surface area (TPSA) is 13.1 Å². The van der Waals surface area contributed by atoms with E-state index in [0.717, 1.165) is 33.1 Å². The second-order valence-corrected chi connectivity index (χ2v) is 11.6. The number of rotatable bonds is 4. The lowest BCUT2D eigenvalue weighted by molar-refractivity contribution is 0.670. The summed E-state index contributed by atoms with van der Waals surface area (Å²) < 4.78 is 6.66. The van der Waals surface area contributed by atoms with Crippen LogP contribution in [-0.2, 0) is 0 Å². The Morgan fingerprint density at radius 2 is 0.756 bits per heavy atom. The lowest BCUT2D eigenvalue weighted by atomic mass is 9.84. The van der Waals surface area contributed by atoms with Crippen LogP contribution in [0.5, 0.6) is 0 Å². The molecule has 0 radical (unpaired) electrons. The third-order valence-corrected chi connectivity index (χ3v) is 9.09. The van der Waals surface area contributed by atoms with Gasteiger partial charge in [0.25, 0.3) is 0 Å². The van der Waals surface area contributed by atoms with Crippen LogP contribution in [0, 0.1) is 0 Å². The summed E-state index contributed by atoms with van der Waals surface area (Å²) in [6.07, 6.45) is 0. The third kappa shape index (κ3) is 4.09. The molecule has 0 saturated heterocycles. The molecule has 0 atom stereocenters. The number of benzene rings is 8. The molecule has 1 nitrogen and oxygen atoms in total. The van der Waals surface area contributed by atoms with Crippen LogP contribution in [-0.4, -0.2) is 0 Å². The molecule has 0 amide bonds. The first-order chi connectivity index (χ1) is 22.3. The Kier molecular flexibility index (Phi) is 5.89. The van der Waals surface area contributed by atoms with E-state index in [4.69, 9.17) is 4.42 Å². The molecule has 9 rings (SSSR count). The molecule has 0 unspecified atom stereocenters. The first-order valence-electron chi connectivity index (χ1n) is 15.4. The molecule has 1 heteroatoms. The van der Waals surface area contributed by atoms with Gasteiger partial charge in [0, 0.05) is 16.3 Å². The molecule has 1 heterocycles. The Hall–Kier alpha value is -5.92. The van der Waals surface area contributed by atoms with Crippen molar-refractivity contribution in [2.45, 2.75) is 0 Å². The largest absolute Gasteiger partial charge is 0.455 e. The highest BCUT2D eigenvalue weighted by molar-refractivity contribution is 6.26. The van der Waals surface area contributed by atoms with Gasteiger partial charge in [-0.1, -0.05) is 164 Å². The van der Waals surface area contributed by atoms with E-state index in [2.05, 4.69) is 170 Å². The maximum Gasteiger partial charge on any atom is 0.143 e. The van der Waals surface area contributed by atoms with E-state index in [1.165, 1.54) is 54.9 Å². The van der Waals surface area contributed by atoms with E-state index in [0.29, 0.717) is 0 Å². The van der Waals surface area contributed by atoms with Gasteiger partial charge in [-0.15, -0.1) is 0 Å². The van der Waals surface area contributed by atoms with Gasteiger partial charge in [-0.2, -0.15) is 0 Å². The summed E-state index contributed by atoms with van der Waals surface area (Å²) in [5, 5.41) is 7.25.